The molecule has 2 amide bonds. The fourth-order valence-corrected chi connectivity index (χ4v) is 5.35. The lowest BCUT2D eigenvalue weighted by Crippen LogP contribution is -2.52. The molecule has 3 aromatic carbocycles. The Morgan fingerprint density at radius 1 is 0.868 bits per heavy atom. The van der Waals surface area contributed by atoms with E-state index in [-0.39, 0.29) is 29.0 Å². The minimum absolute atomic E-state index is 0.0744. The first-order valence-electron chi connectivity index (χ1n) is 12.5. The van der Waals surface area contributed by atoms with Crippen molar-refractivity contribution in [1.82, 2.24) is 10.2 Å². The third-order valence-corrected chi connectivity index (χ3v) is 7.84. The van der Waals surface area contributed by atoms with Gasteiger partial charge in [-0.1, -0.05) is 74.5 Å². The number of nitrogens with one attached hydrogen (secondary N) is 1. The van der Waals surface area contributed by atoms with E-state index in [1.165, 1.54) is 35.2 Å². The number of halogens is 1. The Labute approximate surface area is 224 Å². The molecule has 0 fully saturated rings. The summed E-state index contributed by atoms with van der Waals surface area (Å²) >= 11 is 0. The maximum atomic E-state index is 14.9. The van der Waals surface area contributed by atoms with Gasteiger partial charge in [0.2, 0.25) is 11.8 Å². The summed E-state index contributed by atoms with van der Waals surface area (Å²) in [5.74, 6) is -1.52. The lowest BCUT2D eigenvalue weighted by Gasteiger charge is -2.32. The molecule has 1 atom stereocenters. The second-order valence-electron chi connectivity index (χ2n) is 9.41. The van der Waals surface area contributed by atoms with Crippen LogP contribution in [0.25, 0.3) is 0 Å². The van der Waals surface area contributed by atoms with Crippen molar-refractivity contribution in [3.63, 3.8) is 0 Å². The van der Waals surface area contributed by atoms with Crippen LogP contribution in [-0.4, -0.2) is 50.8 Å². The van der Waals surface area contributed by atoms with Crippen molar-refractivity contribution in [2.75, 3.05) is 23.9 Å². The largest absolute Gasteiger partial charge is 0.354 e. The molecule has 0 aliphatic heterocycles. The molecule has 0 aromatic heterocycles. The standard InChI is InChI=1S/C29H34FN3O4S/c1-22(2)20-31-29(35)23(3)32(19-18-24-12-6-4-7-13-24)28(34)21-33(27-17-11-10-16-26(27)30)38(36,37)25-14-8-5-9-15-25/h4-17,22-23H,18-21H2,1-3H3,(H,31,35)/t23-/m0/s1. The Kier molecular flexibility index (Phi) is 10.0. The van der Waals surface area contributed by atoms with Crippen molar-refractivity contribution >= 4 is 27.5 Å². The minimum Gasteiger partial charge on any atom is -0.354 e. The molecule has 9 heteroatoms. The van der Waals surface area contributed by atoms with Crippen LogP contribution in [0.5, 0.6) is 0 Å². The number of amides is 2. The van der Waals surface area contributed by atoms with Crippen LogP contribution < -0.4 is 9.62 Å². The van der Waals surface area contributed by atoms with Crippen molar-refractivity contribution in [1.29, 1.82) is 0 Å². The van der Waals surface area contributed by atoms with E-state index < -0.39 is 34.3 Å². The van der Waals surface area contributed by atoms with Gasteiger partial charge in [0.05, 0.1) is 10.6 Å². The van der Waals surface area contributed by atoms with Gasteiger partial charge < -0.3 is 10.2 Å². The molecule has 0 radical (unpaired) electrons. The number of anilines is 1. The second-order valence-corrected chi connectivity index (χ2v) is 11.3. The summed E-state index contributed by atoms with van der Waals surface area (Å²) < 4.78 is 42.9. The Morgan fingerprint density at radius 2 is 1.45 bits per heavy atom. The number of nitrogens with zero attached hydrogens (tertiary/aromatic N) is 2. The Balaban J connectivity index is 1.95. The topological polar surface area (TPSA) is 86.8 Å². The van der Waals surface area contributed by atoms with Gasteiger partial charge in [-0.2, -0.15) is 0 Å². The zero-order chi connectivity index (χ0) is 27.7. The number of carbonyl (C=O) groups is 2. The molecule has 0 heterocycles. The van der Waals surface area contributed by atoms with Crippen LogP contribution >= 0.6 is 0 Å². The van der Waals surface area contributed by atoms with Gasteiger partial charge in [-0.3, -0.25) is 13.9 Å². The highest BCUT2D eigenvalue weighted by Crippen LogP contribution is 2.26. The number of hydrogen-bond donors (Lipinski definition) is 1. The van der Waals surface area contributed by atoms with Crippen LogP contribution in [0.1, 0.15) is 26.3 Å². The van der Waals surface area contributed by atoms with Gasteiger partial charge >= 0.3 is 0 Å². The van der Waals surface area contributed by atoms with E-state index in [2.05, 4.69) is 5.32 Å². The summed E-state index contributed by atoms with van der Waals surface area (Å²) in [5, 5.41) is 2.84. The molecule has 0 saturated carbocycles. The molecule has 0 saturated heterocycles. The van der Waals surface area contributed by atoms with E-state index >= 15 is 0 Å². The fraction of sp³-hybridized carbons (Fsp3) is 0.310. The summed E-state index contributed by atoms with van der Waals surface area (Å²) in [5.41, 5.74) is 0.715. The maximum absolute atomic E-state index is 14.9. The van der Waals surface area contributed by atoms with Gasteiger partial charge in [0, 0.05) is 13.1 Å². The summed E-state index contributed by atoms with van der Waals surface area (Å²) in [7, 11) is -4.29. The zero-order valence-electron chi connectivity index (χ0n) is 21.9. The number of rotatable bonds is 12. The summed E-state index contributed by atoms with van der Waals surface area (Å²) in [6.45, 7) is 5.48. The molecule has 1 N–H and O–H groups in total. The molecule has 7 nitrogen and oxygen atoms in total. The van der Waals surface area contributed by atoms with Crippen LogP contribution in [0.15, 0.2) is 89.8 Å². The number of benzene rings is 3. The van der Waals surface area contributed by atoms with Crippen LogP contribution in [0.3, 0.4) is 0 Å². The van der Waals surface area contributed by atoms with E-state index in [0.29, 0.717) is 13.0 Å². The Morgan fingerprint density at radius 3 is 2.05 bits per heavy atom. The predicted octanol–water partition coefficient (Wildman–Crippen LogP) is 4.25. The summed E-state index contributed by atoms with van der Waals surface area (Å²) in [6.07, 6.45) is 0.458. The molecule has 0 spiro atoms. The maximum Gasteiger partial charge on any atom is 0.264 e. The molecule has 0 bridgehead atoms. The van der Waals surface area contributed by atoms with Gasteiger partial charge in [-0.25, -0.2) is 12.8 Å². The molecule has 0 aliphatic rings. The van der Waals surface area contributed by atoms with Crippen LogP contribution in [0.2, 0.25) is 0 Å². The zero-order valence-corrected chi connectivity index (χ0v) is 22.7. The molecular weight excluding hydrogens is 505 g/mol. The first-order valence-corrected chi connectivity index (χ1v) is 14.0. The first kappa shape index (κ1) is 28.8. The van der Waals surface area contributed by atoms with Gasteiger partial charge in [-0.05, 0) is 49.1 Å². The number of sulfonamides is 1. The molecule has 38 heavy (non-hydrogen) atoms. The smallest absolute Gasteiger partial charge is 0.264 e. The lowest BCUT2D eigenvalue weighted by molar-refractivity contribution is -0.138. The molecule has 0 unspecified atom stereocenters. The van der Waals surface area contributed by atoms with Gasteiger partial charge in [0.25, 0.3) is 10.0 Å². The predicted molar refractivity (Wildman–Crippen MR) is 147 cm³/mol. The highest BCUT2D eigenvalue weighted by atomic mass is 32.2. The van der Waals surface area contributed by atoms with E-state index in [4.69, 9.17) is 0 Å². The quantitative estimate of drug-likeness (QED) is 0.373. The Bertz CT molecular complexity index is 1320. The van der Waals surface area contributed by atoms with Gasteiger partial charge in [-0.15, -0.1) is 0 Å². The number of para-hydroxylation sites is 1. The van der Waals surface area contributed by atoms with Crippen LogP contribution in [0.4, 0.5) is 10.1 Å². The third-order valence-electron chi connectivity index (χ3n) is 6.07. The number of hydrogen-bond acceptors (Lipinski definition) is 4. The Hall–Kier alpha value is -3.72. The van der Waals surface area contributed by atoms with E-state index in [1.807, 2.05) is 44.2 Å². The summed E-state index contributed by atoms with van der Waals surface area (Å²) in [4.78, 5) is 28.0. The van der Waals surface area contributed by atoms with Crippen molar-refractivity contribution in [3.8, 4) is 0 Å². The molecular formula is C29H34FN3O4S. The van der Waals surface area contributed by atoms with Crippen LogP contribution in [-0.2, 0) is 26.0 Å². The second kappa shape index (κ2) is 13.2. The third kappa shape index (κ3) is 7.41. The molecule has 0 aliphatic carbocycles. The van der Waals surface area contributed by atoms with Crippen molar-refractivity contribution in [3.05, 3.63) is 96.3 Å². The van der Waals surface area contributed by atoms with Crippen molar-refractivity contribution in [2.24, 2.45) is 5.92 Å². The van der Waals surface area contributed by atoms with E-state index in [9.17, 15) is 22.4 Å². The first-order chi connectivity index (χ1) is 18.1. The van der Waals surface area contributed by atoms with Crippen molar-refractivity contribution in [2.45, 2.75) is 38.1 Å². The average Bonchev–Trinajstić information content (AvgIpc) is 2.91. The van der Waals surface area contributed by atoms with Gasteiger partial charge in [0.1, 0.15) is 18.4 Å². The highest BCUT2D eigenvalue weighted by molar-refractivity contribution is 7.92. The summed E-state index contributed by atoms with van der Waals surface area (Å²) in [6, 6.07) is 21.6. The minimum atomic E-state index is -4.29. The van der Waals surface area contributed by atoms with E-state index in [1.54, 1.807) is 25.1 Å². The SMILES string of the molecule is CC(C)CNC(=O)[C@H](C)N(CCc1ccccc1)C(=O)CN(c1ccccc1F)S(=O)(=O)c1ccccc1. The van der Waals surface area contributed by atoms with E-state index in [0.717, 1.165) is 15.9 Å². The lowest BCUT2D eigenvalue weighted by atomic mass is 10.1. The molecule has 3 aromatic rings. The normalized spacial score (nSPS) is 12.1. The number of carbonyl (C=O) groups excluding carboxylic acids is 2. The van der Waals surface area contributed by atoms with Crippen LogP contribution in [0, 0.1) is 11.7 Å². The average molecular weight is 540 g/mol. The monoisotopic (exact) mass is 539 g/mol. The highest BCUT2D eigenvalue weighted by Gasteiger charge is 2.33. The molecule has 202 valence electrons. The fourth-order valence-electron chi connectivity index (χ4n) is 3.91. The van der Waals surface area contributed by atoms with Gasteiger partial charge in [0.15, 0.2) is 0 Å². The van der Waals surface area contributed by atoms with Crippen molar-refractivity contribution < 1.29 is 22.4 Å². The molecule has 3 rings (SSSR count).